The van der Waals surface area contributed by atoms with Gasteiger partial charge in [-0.25, -0.2) is 0 Å². The zero-order valence-electron chi connectivity index (χ0n) is 14.2. The van der Waals surface area contributed by atoms with Gasteiger partial charge in [0.2, 0.25) is 5.91 Å². The standard InChI is InChI=1S/C19H22N2O3/c1-14-7-9-16(10-8-14)19(23)20-11-12-21(15(2)22)17-5-4-6-18(13-17)24-3/h4-10,13H,11-12H2,1-3H3,(H,20,23). The van der Waals surface area contributed by atoms with Crippen LogP contribution in [0.2, 0.25) is 0 Å². The van der Waals surface area contributed by atoms with Gasteiger partial charge in [-0.1, -0.05) is 23.8 Å². The number of rotatable bonds is 6. The molecule has 0 radical (unpaired) electrons. The minimum atomic E-state index is -0.149. The Bertz CT molecular complexity index is 711. The van der Waals surface area contributed by atoms with Crippen LogP contribution in [-0.2, 0) is 4.79 Å². The largest absolute Gasteiger partial charge is 0.497 e. The van der Waals surface area contributed by atoms with E-state index in [-0.39, 0.29) is 11.8 Å². The van der Waals surface area contributed by atoms with Gasteiger partial charge in [0.1, 0.15) is 5.75 Å². The van der Waals surface area contributed by atoms with Crippen molar-refractivity contribution >= 4 is 17.5 Å². The maximum Gasteiger partial charge on any atom is 0.251 e. The van der Waals surface area contributed by atoms with E-state index in [0.29, 0.717) is 24.4 Å². The zero-order valence-corrected chi connectivity index (χ0v) is 14.2. The Balaban J connectivity index is 1.97. The number of ether oxygens (including phenoxy) is 1. The van der Waals surface area contributed by atoms with Crippen LogP contribution < -0.4 is 15.0 Å². The lowest BCUT2D eigenvalue weighted by molar-refractivity contribution is -0.116. The van der Waals surface area contributed by atoms with Crippen LogP contribution in [0, 0.1) is 6.92 Å². The SMILES string of the molecule is COc1cccc(N(CCNC(=O)c2ccc(C)cc2)C(C)=O)c1. The molecule has 1 N–H and O–H groups in total. The van der Waals surface area contributed by atoms with Crippen LogP contribution in [-0.4, -0.2) is 32.0 Å². The molecule has 24 heavy (non-hydrogen) atoms. The Morgan fingerprint density at radius 1 is 1.12 bits per heavy atom. The van der Waals surface area contributed by atoms with E-state index in [1.54, 1.807) is 30.2 Å². The molecule has 0 spiro atoms. The smallest absolute Gasteiger partial charge is 0.251 e. The number of benzene rings is 2. The molecule has 2 aromatic rings. The molecular weight excluding hydrogens is 304 g/mol. The van der Waals surface area contributed by atoms with Gasteiger partial charge in [0.15, 0.2) is 0 Å². The number of nitrogens with one attached hydrogen (secondary N) is 1. The molecular formula is C19H22N2O3. The molecule has 5 nitrogen and oxygen atoms in total. The number of nitrogens with zero attached hydrogens (tertiary/aromatic N) is 1. The fourth-order valence-corrected chi connectivity index (χ4v) is 2.33. The number of amides is 2. The summed E-state index contributed by atoms with van der Waals surface area (Å²) in [5.74, 6) is 0.444. The highest BCUT2D eigenvalue weighted by atomic mass is 16.5. The summed E-state index contributed by atoms with van der Waals surface area (Å²) in [7, 11) is 1.58. The minimum Gasteiger partial charge on any atom is -0.497 e. The molecule has 0 unspecified atom stereocenters. The third-order valence-electron chi connectivity index (χ3n) is 3.68. The van der Waals surface area contributed by atoms with Gasteiger partial charge in [0, 0.05) is 37.3 Å². The molecule has 0 saturated carbocycles. The van der Waals surface area contributed by atoms with Crippen LogP contribution in [0.3, 0.4) is 0 Å². The molecule has 2 rings (SSSR count). The van der Waals surface area contributed by atoms with E-state index >= 15 is 0 Å². The first kappa shape index (κ1) is 17.5. The first-order valence-electron chi connectivity index (χ1n) is 7.78. The topological polar surface area (TPSA) is 58.6 Å². The quantitative estimate of drug-likeness (QED) is 0.888. The second kappa shape index (κ2) is 8.15. The summed E-state index contributed by atoms with van der Waals surface area (Å²) in [4.78, 5) is 25.6. The molecule has 0 atom stereocenters. The Morgan fingerprint density at radius 2 is 1.83 bits per heavy atom. The van der Waals surface area contributed by atoms with Gasteiger partial charge in [0.05, 0.1) is 7.11 Å². The number of anilines is 1. The molecule has 0 aromatic heterocycles. The Morgan fingerprint density at radius 3 is 2.46 bits per heavy atom. The number of hydrogen-bond donors (Lipinski definition) is 1. The molecule has 0 aliphatic carbocycles. The number of carbonyl (C=O) groups excluding carboxylic acids is 2. The Hall–Kier alpha value is -2.82. The van der Waals surface area contributed by atoms with Crippen molar-refractivity contribution in [1.82, 2.24) is 5.32 Å². The van der Waals surface area contributed by atoms with Crippen molar-refractivity contribution in [2.75, 3.05) is 25.1 Å². The summed E-state index contributed by atoms with van der Waals surface area (Å²) in [6.45, 7) is 4.23. The summed E-state index contributed by atoms with van der Waals surface area (Å²) in [5, 5.41) is 2.84. The molecule has 5 heteroatoms. The maximum absolute atomic E-state index is 12.1. The molecule has 0 heterocycles. The fraction of sp³-hybridized carbons (Fsp3) is 0.263. The van der Waals surface area contributed by atoms with Gasteiger partial charge >= 0.3 is 0 Å². The number of aryl methyl sites for hydroxylation is 1. The lowest BCUT2D eigenvalue weighted by Crippen LogP contribution is -2.37. The molecule has 0 aliphatic heterocycles. The van der Waals surface area contributed by atoms with E-state index in [4.69, 9.17) is 4.74 Å². The van der Waals surface area contributed by atoms with Crippen molar-refractivity contribution in [3.63, 3.8) is 0 Å². The number of methoxy groups -OCH3 is 1. The van der Waals surface area contributed by atoms with E-state index in [0.717, 1.165) is 11.3 Å². The first-order chi connectivity index (χ1) is 11.5. The maximum atomic E-state index is 12.1. The molecule has 0 fully saturated rings. The third-order valence-corrected chi connectivity index (χ3v) is 3.68. The number of hydrogen-bond acceptors (Lipinski definition) is 3. The predicted octanol–water partition coefficient (Wildman–Crippen LogP) is 2.79. The molecule has 2 amide bonds. The van der Waals surface area contributed by atoms with Crippen molar-refractivity contribution in [3.05, 3.63) is 59.7 Å². The highest BCUT2D eigenvalue weighted by Crippen LogP contribution is 2.20. The van der Waals surface area contributed by atoms with Crippen molar-refractivity contribution in [2.24, 2.45) is 0 Å². The second-order valence-electron chi connectivity index (χ2n) is 5.49. The van der Waals surface area contributed by atoms with Gasteiger partial charge in [0.25, 0.3) is 5.91 Å². The minimum absolute atomic E-state index is 0.0900. The van der Waals surface area contributed by atoms with E-state index in [2.05, 4.69) is 5.32 Å². The Labute approximate surface area is 142 Å². The molecule has 0 saturated heterocycles. The van der Waals surface area contributed by atoms with Gasteiger partial charge in [-0.15, -0.1) is 0 Å². The average Bonchev–Trinajstić information content (AvgIpc) is 2.58. The average molecular weight is 326 g/mol. The van der Waals surface area contributed by atoms with Gasteiger partial charge in [-0.3, -0.25) is 9.59 Å². The van der Waals surface area contributed by atoms with E-state index in [1.807, 2.05) is 37.3 Å². The van der Waals surface area contributed by atoms with Crippen molar-refractivity contribution in [1.29, 1.82) is 0 Å². The summed E-state index contributed by atoms with van der Waals surface area (Å²) in [5.41, 5.74) is 2.45. The highest BCUT2D eigenvalue weighted by molar-refractivity contribution is 5.94. The van der Waals surface area contributed by atoms with Crippen molar-refractivity contribution in [3.8, 4) is 5.75 Å². The monoisotopic (exact) mass is 326 g/mol. The molecule has 2 aromatic carbocycles. The fourth-order valence-electron chi connectivity index (χ4n) is 2.33. The van der Waals surface area contributed by atoms with Crippen LogP contribution >= 0.6 is 0 Å². The highest BCUT2D eigenvalue weighted by Gasteiger charge is 2.13. The van der Waals surface area contributed by atoms with Crippen molar-refractivity contribution < 1.29 is 14.3 Å². The van der Waals surface area contributed by atoms with E-state index in [9.17, 15) is 9.59 Å². The summed E-state index contributed by atoms with van der Waals surface area (Å²) < 4.78 is 5.19. The Kier molecular flexibility index (Phi) is 5.95. The summed E-state index contributed by atoms with van der Waals surface area (Å²) >= 11 is 0. The van der Waals surface area contributed by atoms with Crippen LogP contribution in [0.25, 0.3) is 0 Å². The second-order valence-corrected chi connectivity index (χ2v) is 5.49. The third kappa shape index (κ3) is 4.59. The summed E-state index contributed by atoms with van der Waals surface area (Å²) in [6, 6.07) is 14.6. The van der Waals surface area contributed by atoms with E-state index in [1.165, 1.54) is 6.92 Å². The lowest BCUT2D eigenvalue weighted by Gasteiger charge is -2.22. The van der Waals surface area contributed by atoms with Crippen LogP contribution in [0.4, 0.5) is 5.69 Å². The van der Waals surface area contributed by atoms with Gasteiger partial charge < -0.3 is 15.0 Å². The van der Waals surface area contributed by atoms with Gasteiger partial charge in [-0.05, 0) is 31.2 Å². The lowest BCUT2D eigenvalue weighted by atomic mass is 10.1. The summed E-state index contributed by atoms with van der Waals surface area (Å²) in [6.07, 6.45) is 0. The van der Waals surface area contributed by atoms with Crippen LogP contribution in [0.5, 0.6) is 5.75 Å². The molecule has 0 bridgehead atoms. The number of carbonyl (C=O) groups is 2. The van der Waals surface area contributed by atoms with Crippen LogP contribution in [0.15, 0.2) is 48.5 Å². The zero-order chi connectivity index (χ0) is 17.5. The molecule has 0 aliphatic rings. The predicted molar refractivity (Wildman–Crippen MR) is 94.5 cm³/mol. The van der Waals surface area contributed by atoms with Crippen LogP contribution in [0.1, 0.15) is 22.8 Å². The first-order valence-corrected chi connectivity index (χ1v) is 7.78. The van der Waals surface area contributed by atoms with Crippen molar-refractivity contribution in [2.45, 2.75) is 13.8 Å². The molecule has 126 valence electrons. The van der Waals surface area contributed by atoms with E-state index < -0.39 is 0 Å². The normalized spacial score (nSPS) is 10.1. The van der Waals surface area contributed by atoms with Gasteiger partial charge in [-0.2, -0.15) is 0 Å².